The van der Waals surface area contributed by atoms with Crippen LogP contribution in [0.25, 0.3) is 0 Å². The maximum atomic E-state index is 5.65. The molecular weight excluding hydrogens is 194 g/mol. The van der Waals surface area contributed by atoms with Gasteiger partial charge in [0.1, 0.15) is 11.5 Å². The normalized spacial score (nSPS) is 11.1. The fourth-order valence-corrected chi connectivity index (χ4v) is 1.74. The topological polar surface area (TPSA) is 25.2 Å². The third kappa shape index (κ3) is 4.20. The van der Waals surface area contributed by atoms with E-state index in [-0.39, 0.29) is 0 Å². The Labute approximate surface area is 90.5 Å². The van der Waals surface area contributed by atoms with Gasteiger partial charge in [-0.2, -0.15) is 11.8 Å². The molecule has 0 radical (unpaired) electrons. The van der Waals surface area contributed by atoms with Crippen LogP contribution >= 0.6 is 11.8 Å². The molecule has 0 aliphatic rings. The first-order valence-corrected chi connectivity index (χ1v) is 6.17. The van der Waals surface area contributed by atoms with E-state index in [0.717, 1.165) is 30.4 Å². The van der Waals surface area contributed by atoms with Crippen molar-refractivity contribution in [2.45, 2.75) is 38.3 Å². The van der Waals surface area contributed by atoms with Gasteiger partial charge in [0, 0.05) is 0 Å². The van der Waals surface area contributed by atoms with E-state index in [1.165, 1.54) is 0 Å². The van der Waals surface area contributed by atoms with Gasteiger partial charge in [0.2, 0.25) is 0 Å². The van der Waals surface area contributed by atoms with Crippen LogP contribution in [0.3, 0.4) is 0 Å². The summed E-state index contributed by atoms with van der Waals surface area (Å²) in [5, 5.41) is 3.91. The van der Waals surface area contributed by atoms with Crippen molar-refractivity contribution in [3.63, 3.8) is 0 Å². The van der Waals surface area contributed by atoms with Gasteiger partial charge < -0.3 is 9.73 Å². The molecule has 1 rings (SSSR count). The lowest BCUT2D eigenvalue weighted by molar-refractivity contribution is 0.462. The van der Waals surface area contributed by atoms with E-state index < -0.39 is 0 Å². The summed E-state index contributed by atoms with van der Waals surface area (Å²) < 4.78 is 5.65. The molecule has 3 heteroatoms. The molecular formula is C11H19NOS. The van der Waals surface area contributed by atoms with Gasteiger partial charge in [-0.25, -0.2) is 0 Å². The standard InChI is InChI=1S/C11H19NOS/c1-4-12-7-10-5-6-11(13-10)8-14-9(2)3/h5-6,9,12H,4,7-8H2,1-3H3. The Morgan fingerprint density at radius 2 is 2.07 bits per heavy atom. The Balaban J connectivity index is 2.35. The first kappa shape index (κ1) is 11.7. The molecule has 80 valence electrons. The van der Waals surface area contributed by atoms with E-state index in [1.54, 1.807) is 0 Å². The van der Waals surface area contributed by atoms with Crippen LogP contribution in [0.15, 0.2) is 16.5 Å². The lowest BCUT2D eigenvalue weighted by atomic mass is 10.4. The van der Waals surface area contributed by atoms with Crippen molar-refractivity contribution in [2.24, 2.45) is 0 Å². The lowest BCUT2D eigenvalue weighted by Gasteiger charge is -2.01. The summed E-state index contributed by atoms with van der Waals surface area (Å²) in [6, 6.07) is 4.13. The molecule has 14 heavy (non-hydrogen) atoms. The molecule has 0 fully saturated rings. The monoisotopic (exact) mass is 213 g/mol. The molecule has 0 aliphatic carbocycles. The van der Waals surface area contributed by atoms with Gasteiger partial charge in [-0.05, 0) is 23.9 Å². The SMILES string of the molecule is CCNCc1ccc(CSC(C)C)o1. The Hall–Kier alpha value is -0.410. The predicted molar refractivity (Wildman–Crippen MR) is 62.5 cm³/mol. The summed E-state index contributed by atoms with van der Waals surface area (Å²) in [7, 11) is 0. The number of hydrogen-bond acceptors (Lipinski definition) is 3. The highest BCUT2D eigenvalue weighted by Crippen LogP contribution is 2.18. The second-order valence-corrected chi connectivity index (χ2v) is 5.07. The summed E-state index contributed by atoms with van der Waals surface area (Å²) >= 11 is 1.91. The number of thioether (sulfide) groups is 1. The zero-order valence-corrected chi connectivity index (χ0v) is 9.99. The average molecular weight is 213 g/mol. The maximum Gasteiger partial charge on any atom is 0.117 e. The molecule has 2 nitrogen and oxygen atoms in total. The molecule has 0 unspecified atom stereocenters. The van der Waals surface area contributed by atoms with Crippen molar-refractivity contribution in [1.29, 1.82) is 0 Å². The minimum Gasteiger partial charge on any atom is -0.464 e. The number of furan rings is 1. The average Bonchev–Trinajstić information content (AvgIpc) is 2.59. The molecule has 0 aliphatic heterocycles. The van der Waals surface area contributed by atoms with Crippen LogP contribution in [0, 0.1) is 0 Å². The van der Waals surface area contributed by atoms with Crippen molar-refractivity contribution < 1.29 is 4.42 Å². The van der Waals surface area contributed by atoms with Crippen LogP contribution in [-0.4, -0.2) is 11.8 Å². The van der Waals surface area contributed by atoms with E-state index in [9.17, 15) is 0 Å². The second kappa shape index (κ2) is 6.14. The lowest BCUT2D eigenvalue weighted by Crippen LogP contribution is -2.10. The maximum absolute atomic E-state index is 5.65. The summed E-state index contributed by atoms with van der Waals surface area (Å²) in [5.74, 6) is 3.09. The summed E-state index contributed by atoms with van der Waals surface area (Å²) in [6.45, 7) is 8.32. The fraction of sp³-hybridized carbons (Fsp3) is 0.636. The third-order valence-corrected chi connectivity index (χ3v) is 2.94. The van der Waals surface area contributed by atoms with Gasteiger partial charge in [-0.3, -0.25) is 0 Å². The number of rotatable bonds is 6. The quantitative estimate of drug-likeness (QED) is 0.786. The van der Waals surface area contributed by atoms with E-state index in [0.29, 0.717) is 5.25 Å². The predicted octanol–water partition coefficient (Wildman–Crippen LogP) is 3.03. The molecule has 1 aromatic rings. The van der Waals surface area contributed by atoms with Gasteiger partial charge in [-0.15, -0.1) is 0 Å². The van der Waals surface area contributed by atoms with E-state index in [4.69, 9.17) is 4.42 Å². The highest BCUT2D eigenvalue weighted by Gasteiger charge is 2.02. The van der Waals surface area contributed by atoms with E-state index in [2.05, 4.69) is 38.2 Å². The zero-order valence-electron chi connectivity index (χ0n) is 9.17. The minimum atomic E-state index is 0.664. The van der Waals surface area contributed by atoms with E-state index in [1.807, 2.05) is 11.8 Å². The van der Waals surface area contributed by atoms with Gasteiger partial charge in [0.15, 0.2) is 0 Å². The second-order valence-electron chi connectivity index (χ2n) is 3.51. The molecule has 1 aromatic heterocycles. The Morgan fingerprint density at radius 3 is 2.71 bits per heavy atom. The van der Waals surface area contributed by atoms with E-state index >= 15 is 0 Å². The number of hydrogen-bond donors (Lipinski definition) is 1. The van der Waals surface area contributed by atoms with Crippen LogP contribution in [0.4, 0.5) is 0 Å². The molecule has 0 amide bonds. The van der Waals surface area contributed by atoms with Gasteiger partial charge >= 0.3 is 0 Å². The fourth-order valence-electron chi connectivity index (χ4n) is 1.09. The largest absolute Gasteiger partial charge is 0.464 e. The van der Waals surface area contributed by atoms with Crippen LogP contribution in [-0.2, 0) is 12.3 Å². The summed E-state index contributed by atoms with van der Waals surface area (Å²) in [4.78, 5) is 0. The molecule has 1 N–H and O–H groups in total. The third-order valence-electron chi connectivity index (χ3n) is 1.83. The van der Waals surface area contributed by atoms with Crippen LogP contribution in [0.5, 0.6) is 0 Å². The molecule has 0 aromatic carbocycles. The molecule has 0 spiro atoms. The molecule has 0 saturated carbocycles. The minimum absolute atomic E-state index is 0.664. The smallest absolute Gasteiger partial charge is 0.117 e. The number of nitrogens with one attached hydrogen (secondary N) is 1. The van der Waals surface area contributed by atoms with Crippen LogP contribution in [0.2, 0.25) is 0 Å². The van der Waals surface area contributed by atoms with Gasteiger partial charge in [-0.1, -0.05) is 20.8 Å². The molecule has 0 bridgehead atoms. The first-order valence-electron chi connectivity index (χ1n) is 5.12. The first-order chi connectivity index (χ1) is 6.72. The van der Waals surface area contributed by atoms with Crippen molar-refractivity contribution in [3.8, 4) is 0 Å². The molecule has 1 heterocycles. The van der Waals surface area contributed by atoms with Crippen molar-refractivity contribution >= 4 is 11.8 Å². The van der Waals surface area contributed by atoms with Gasteiger partial charge in [0.05, 0.1) is 12.3 Å². The molecule has 0 atom stereocenters. The highest BCUT2D eigenvalue weighted by atomic mass is 32.2. The summed E-state index contributed by atoms with van der Waals surface area (Å²) in [6.07, 6.45) is 0. The van der Waals surface area contributed by atoms with Crippen LogP contribution < -0.4 is 5.32 Å². The van der Waals surface area contributed by atoms with Crippen molar-refractivity contribution in [3.05, 3.63) is 23.7 Å². The van der Waals surface area contributed by atoms with Gasteiger partial charge in [0.25, 0.3) is 0 Å². The highest BCUT2D eigenvalue weighted by molar-refractivity contribution is 7.99. The van der Waals surface area contributed by atoms with Crippen LogP contribution in [0.1, 0.15) is 32.3 Å². The molecule has 0 saturated heterocycles. The van der Waals surface area contributed by atoms with Crippen molar-refractivity contribution in [1.82, 2.24) is 5.32 Å². The Morgan fingerprint density at radius 1 is 1.36 bits per heavy atom. The summed E-state index contributed by atoms with van der Waals surface area (Å²) in [5.41, 5.74) is 0. The zero-order chi connectivity index (χ0) is 10.4. The Kier molecular flexibility index (Phi) is 5.12. The van der Waals surface area contributed by atoms with Crippen molar-refractivity contribution in [2.75, 3.05) is 6.54 Å². The Bertz CT molecular complexity index is 258.